The van der Waals surface area contributed by atoms with Crippen molar-refractivity contribution in [1.82, 2.24) is 10.3 Å². The smallest absolute Gasteiger partial charge is 0.333 e. The summed E-state index contributed by atoms with van der Waals surface area (Å²) in [5.41, 5.74) is 0.740. The Morgan fingerprint density at radius 3 is 2.15 bits per heavy atom. The van der Waals surface area contributed by atoms with Gasteiger partial charge in [0.15, 0.2) is 11.3 Å². The summed E-state index contributed by atoms with van der Waals surface area (Å²) >= 11 is 12.2. The molecule has 0 saturated heterocycles. The van der Waals surface area contributed by atoms with Crippen molar-refractivity contribution in [2.24, 2.45) is 11.3 Å². The van der Waals surface area contributed by atoms with Gasteiger partial charge in [-0.1, -0.05) is 73.9 Å². The van der Waals surface area contributed by atoms with E-state index in [1.165, 1.54) is 18.8 Å². The molecule has 3 aliphatic rings. The molecule has 3 aliphatic carbocycles. The number of ketones is 1. The van der Waals surface area contributed by atoms with Crippen molar-refractivity contribution < 1.29 is 19.5 Å². The van der Waals surface area contributed by atoms with E-state index in [0.717, 1.165) is 69.1 Å². The van der Waals surface area contributed by atoms with Crippen LogP contribution in [-0.2, 0) is 15.1 Å². The SMILES string of the molecule is C[C@@](NC1=C(C2CCCCC2)C(=O)C12CCCCC2)(C(=O)O)c1ccc(NC(=O)c2c(Cl)cncc2Cl)cc1. The zero-order valence-corrected chi connectivity index (χ0v) is 23.5. The minimum absolute atomic E-state index is 0.115. The van der Waals surface area contributed by atoms with Gasteiger partial charge in [-0.05, 0) is 56.2 Å². The van der Waals surface area contributed by atoms with Crippen molar-refractivity contribution in [3.8, 4) is 0 Å². The minimum Gasteiger partial charge on any atom is -0.479 e. The molecule has 9 heteroatoms. The van der Waals surface area contributed by atoms with Gasteiger partial charge in [-0.15, -0.1) is 0 Å². The molecular formula is C30H33Cl2N3O4. The van der Waals surface area contributed by atoms with E-state index in [1.807, 2.05) is 0 Å². The third-order valence-electron chi connectivity index (χ3n) is 8.75. The Kier molecular flexibility index (Phi) is 7.75. The van der Waals surface area contributed by atoms with Gasteiger partial charge in [0.2, 0.25) is 0 Å². The van der Waals surface area contributed by atoms with Crippen LogP contribution < -0.4 is 10.6 Å². The summed E-state index contributed by atoms with van der Waals surface area (Å²) in [6.45, 7) is 1.64. The van der Waals surface area contributed by atoms with Gasteiger partial charge in [-0.3, -0.25) is 14.6 Å². The van der Waals surface area contributed by atoms with Crippen LogP contribution in [0.4, 0.5) is 5.69 Å². The number of hydrogen-bond acceptors (Lipinski definition) is 5. The zero-order chi connectivity index (χ0) is 27.8. The van der Waals surface area contributed by atoms with Crippen LogP contribution in [0.25, 0.3) is 0 Å². The highest BCUT2D eigenvalue weighted by Gasteiger charge is 2.57. The first-order chi connectivity index (χ1) is 18.7. The van der Waals surface area contributed by atoms with E-state index in [0.29, 0.717) is 11.3 Å². The number of pyridine rings is 1. The molecule has 0 bridgehead atoms. The Morgan fingerprint density at radius 2 is 1.56 bits per heavy atom. The summed E-state index contributed by atoms with van der Waals surface area (Å²) in [6.07, 6.45) is 12.6. The predicted octanol–water partition coefficient (Wildman–Crippen LogP) is 6.90. The van der Waals surface area contributed by atoms with Gasteiger partial charge in [-0.25, -0.2) is 4.79 Å². The number of carboxylic acid groups (broad SMARTS) is 1. The summed E-state index contributed by atoms with van der Waals surface area (Å²) < 4.78 is 0. The number of aromatic nitrogens is 1. The summed E-state index contributed by atoms with van der Waals surface area (Å²) in [5, 5.41) is 16.9. The molecule has 1 atom stereocenters. The van der Waals surface area contributed by atoms with Crippen LogP contribution in [0.15, 0.2) is 47.9 Å². The van der Waals surface area contributed by atoms with Gasteiger partial charge in [0.25, 0.3) is 5.91 Å². The van der Waals surface area contributed by atoms with Crippen molar-refractivity contribution in [3.63, 3.8) is 0 Å². The second-order valence-corrected chi connectivity index (χ2v) is 12.0. The van der Waals surface area contributed by atoms with E-state index in [1.54, 1.807) is 31.2 Å². The monoisotopic (exact) mass is 569 g/mol. The second kappa shape index (κ2) is 10.9. The van der Waals surface area contributed by atoms with Crippen LogP contribution in [0.2, 0.25) is 10.0 Å². The molecule has 0 aliphatic heterocycles. The van der Waals surface area contributed by atoms with Crippen molar-refractivity contribution in [1.29, 1.82) is 0 Å². The molecular weight excluding hydrogens is 537 g/mol. The van der Waals surface area contributed by atoms with Crippen LogP contribution in [0.3, 0.4) is 0 Å². The molecule has 39 heavy (non-hydrogen) atoms. The number of carboxylic acids is 1. The van der Waals surface area contributed by atoms with E-state index < -0.39 is 22.8 Å². The largest absolute Gasteiger partial charge is 0.479 e. The molecule has 5 rings (SSSR count). The van der Waals surface area contributed by atoms with Gasteiger partial charge in [0.1, 0.15) is 0 Å². The Labute approximate surface area is 238 Å². The molecule has 2 saturated carbocycles. The van der Waals surface area contributed by atoms with Gasteiger partial charge in [0, 0.05) is 29.4 Å². The first kappa shape index (κ1) is 27.7. The normalized spacial score (nSPS) is 20.7. The number of halogens is 2. The standard InChI is InChI=1S/C30H33Cl2N3O4/c1-29(28(38)39,19-10-12-20(13-11-19)34-27(37)24-21(31)16-33-17-22(24)32)35-25-23(18-8-4-2-5-9-18)26(36)30(25)14-6-3-7-15-30/h10-13,16-18,35H,2-9,14-15H2,1H3,(H,34,37)(H,38,39)/t29-/m0/s1. The number of benzene rings is 1. The van der Waals surface area contributed by atoms with E-state index in [4.69, 9.17) is 23.2 Å². The molecule has 206 valence electrons. The highest BCUT2D eigenvalue weighted by molar-refractivity contribution is 6.40. The molecule has 0 radical (unpaired) electrons. The average Bonchev–Trinajstić information content (AvgIpc) is 2.94. The molecule has 7 nitrogen and oxygen atoms in total. The lowest BCUT2D eigenvalue weighted by atomic mass is 9.55. The van der Waals surface area contributed by atoms with Crippen LogP contribution in [-0.4, -0.2) is 27.8 Å². The van der Waals surface area contributed by atoms with E-state index >= 15 is 0 Å². The molecule has 0 unspecified atom stereocenters. The van der Waals surface area contributed by atoms with Crippen molar-refractivity contribution in [2.75, 3.05) is 5.32 Å². The van der Waals surface area contributed by atoms with Crippen molar-refractivity contribution >= 4 is 46.5 Å². The highest BCUT2D eigenvalue weighted by atomic mass is 35.5. The van der Waals surface area contributed by atoms with E-state index in [2.05, 4.69) is 15.6 Å². The Morgan fingerprint density at radius 1 is 0.974 bits per heavy atom. The van der Waals surface area contributed by atoms with Crippen LogP contribution in [0.1, 0.15) is 87.1 Å². The van der Waals surface area contributed by atoms with E-state index in [-0.39, 0.29) is 27.3 Å². The van der Waals surface area contributed by atoms with E-state index in [9.17, 15) is 19.5 Å². The number of carbonyl (C=O) groups is 3. The molecule has 1 aromatic heterocycles. The van der Waals surface area contributed by atoms with Crippen LogP contribution >= 0.6 is 23.2 Å². The van der Waals surface area contributed by atoms with Crippen molar-refractivity contribution in [2.45, 2.75) is 76.7 Å². The number of amides is 1. The predicted molar refractivity (Wildman–Crippen MR) is 151 cm³/mol. The van der Waals surface area contributed by atoms with Gasteiger partial charge >= 0.3 is 5.97 Å². The van der Waals surface area contributed by atoms with Gasteiger partial charge in [-0.2, -0.15) is 0 Å². The molecule has 1 aromatic carbocycles. The van der Waals surface area contributed by atoms with Gasteiger partial charge < -0.3 is 15.7 Å². The maximum atomic E-state index is 13.6. The number of aliphatic carboxylic acids is 1. The quantitative estimate of drug-likeness (QED) is 0.334. The molecule has 3 N–H and O–H groups in total. The maximum Gasteiger partial charge on any atom is 0.333 e. The lowest BCUT2D eigenvalue weighted by Crippen LogP contribution is -2.58. The average molecular weight is 571 g/mol. The number of allylic oxidation sites excluding steroid dienone is 2. The maximum absolute atomic E-state index is 13.6. The number of nitrogens with one attached hydrogen (secondary N) is 2. The second-order valence-electron chi connectivity index (χ2n) is 11.2. The first-order valence-electron chi connectivity index (χ1n) is 13.7. The molecule has 2 fully saturated rings. The van der Waals surface area contributed by atoms with Crippen LogP contribution in [0, 0.1) is 11.3 Å². The number of Topliss-reactive ketones (excluding diaryl/α,β-unsaturated/α-hetero) is 1. The third kappa shape index (κ3) is 4.95. The third-order valence-corrected chi connectivity index (χ3v) is 9.32. The molecule has 2 aromatic rings. The highest BCUT2D eigenvalue weighted by Crippen LogP contribution is 2.56. The summed E-state index contributed by atoms with van der Waals surface area (Å²) in [5.74, 6) is -1.09. The lowest BCUT2D eigenvalue weighted by molar-refractivity contribution is -0.145. The fraction of sp³-hybridized carbons (Fsp3) is 0.467. The summed E-state index contributed by atoms with van der Waals surface area (Å²) in [6, 6.07) is 6.67. The number of rotatable bonds is 7. The number of anilines is 1. The van der Waals surface area contributed by atoms with Gasteiger partial charge in [0.05, 0.1) is 21.0 Å². The Balaban J connectivity index is 1.44. The lowest BCUT2D eigenvalue weighted by Gasteiger charge is -2.51. The fourth-order valence-electron chi connectivity index (χ4n) is 6.49. The number of hydrogen-bond donors (Lipinski definition) is 3. The van der Waals surface area contributed by atoms with Crippen LogP contribution in [0.5, 0.6) is 0 Å². The first-order valence-corrected chi connectivity index (χ1v) is 14.4. The molecule has 1 heterocycles. The molecule has 1 amide bonds. The Bertz CT molecular complexity index is 1310. The minimum atomic E-state index is -1.46. The zero-order valence-electron chi connectivity index (χ0n) is 22.0. The summed E-state index contributed by atoms with van der Waals surface area (Å²) in [4.78, 5) is 43.1. The summed E-state index contributed by atoms with van der Waals surface area (Å²) in [7, 11) is 0. The fourth-order valence-corrected chi connectivity index (χ4v) is 7.02. The number of nitrogens with zero attached hydrogens (tertiary/aromatic N) is 1. The topological polar surface area (TPSA) is 108 Å². The Hall–Kier alpha value is -2.90. The number of carbonyl (C=O) groups excluding carboxylic acids is 2. The van der Waals surface area contributed by atoms with Crippen molar-refractivity contribution in [3.05, 3.63) is 69.1 Å². The molecule has 1 spiro atoms.